The van der Waals surface area contributed by atoms with Crippen molar-refractivity contribution in [3.05, 3.63) is 0 Å². The first-order chi connectivity index (χ1) is 12.5. The number of ketones is 1. The molecule has 0 aromatic carbocycles. The molecule has 7 heteroatoms. The molecule has 150 valence electrons. The zero-order chi connectivity index (χ0) is 19.6. The summed E-state index contributed by atoms with van der Waals surface area (Å²) in [4.78, 5) is 45.3. The van der Waals surface area contributed by atoms with Crippen molar-refractivity contribution in [3.8, 4) is 0 Å². The first-order valence-corrected chi connectivity index (χ1v) is 9.59. The van der Waals surface area contributed by atoms with E-state index >= 15 is 0 Å². The normalized spacial score (nSPS) is 10.2. The van der Waals surface area contributed by atoms with E-state index in [9.17, 15) is 19.2 Å². The predicted molar refractivity (Wildman–Crippen MR) is 97.5 cm³/mol. The Bertz CT molecular complexity index is 396. The lowest BCUT2D eigenvalue weighted by molar-refractivity contribution is -0.148. The SMILES string of the molecule is CCCC(=O)OCC(=O)CCCCCCCNC(=O)COC(=O)CCC. The van der Waals surface area contributed by atoms with Gasteiger partial charge in [0.05, 0.1) is 0 Å². The number of rotatable bonds is 16. The molecule has 7 nitrogen and oxygen atoms in total. The van der Waals surface area contributed by atoms with Crippen molar-refractivity contribution in [2.24, 2.45) is 0 Å². The van der Waals surface area contributed by atoms with Gasteiger partial charge in [-0.1, -0.05) is 33.1 Å². The Balaban J connectivity index is 3.42. The number of unbranched alkanes of at least 4 members (excludes halogenated alkanes) is 4. The predicted octanol–water partition coefficient (Wildman–Crippen LogP) is 2.70. The number of hydrogen-bond donors (Lipinski definition) is 1. The van der Waals surface area contributed by atoms with Crippen LogP contribution in [0.2, 0.25) is 0 Å². The van der Waals surface area contributed by atoms with Crippen LogP contribution < -0.4 is 5.32 Å². The standard InChI is InChI=1S/C19H33NO6/c1-3-10-18(23)25-14-16(21)12-8-6-5-7-9-13-20-17(22)15-26-19(24)11-4-2/h3-15H2,1-2H3,(H,20,22). The molecule has 26 heavy (non-hydrogen) atoms. The van der Waals surface area contributed by atoms with E-state index < -0.39 is 0 Å². The number of Topliss-reactive ketones (excluding diaryl/α,β-unsaturated/α-hetero) is 1. The van der Waals surface area contributed by atoms with Gasteiger partial charge in [0.2, 0.25) is 0 Å². The molecule has 0 saturated carbocycles. The third-order valence-electron chi connectivity index (χ3n) is 3.62. The molecule has 0 aromatic rings. The Labute approximate surface area is 156 Å². The highest BCUT2D eigenvalue weighted by Crippen LogP contribution is 2.06. The highest BCUT2D eigenvalue weighted by Gasteiger charge is 2.07. The number of amides is 1. The number of hydrogen-bond acceptors (Lipinski definition) is 6. The largest absolute Gasteiger partial charge is 0.458 e. The Hall–Kier alpha value is -1.92. The second kappa shape index (κ2) is 16.5. The van der Waals surface area contributed by atoms with Crippen molar-refractivity contribution in [2.75, 3.05) is 19.8 Å². The van der Waals surface area contributed by atoms with Crippen molar-refractivity contribution < 1.29 is 28.7 Å². The first kappa shape index (κ1) is 24.1. The van der Waals surface area contributed by atoms with Crippen LogP contribution in [-0.4, -0.2) is 43.4 Å². The maximum atomic E-state index is 11.6. The summed E-state index contributed by atoms with van der Waals surface area (Å²) >= 11 is 0. The number of nitrogens with one attached hydrogen (secondary N) is 1. The Kier molecular flexibility index (Phi) is 15.3. The highest BCUT2D eigenvalue weighted by molar-refractivity contribution is 5.82. The quantitative estimate of drug-likeness (QED) is 0.331. The summed E-state index contributed by atoms with van der Waals surface area (Å²) in [5, 5.41) is 2.71. The highest BCUT2D eigenvalue weighted by atomic mass is 16.5. The van der Waals surface area contributed by atoms with Gasteiger partial charge in [-0.15, -0.1) is 0 Å². The maximum Gasteiger partial charge on any atom is 0.306 e. The van der Waals surface area contributed by atoms with Gasteiger partial charge in [0.1, 0.15) is 6.61 Å². The van der Waals surface area contributed by atoms with Crippen LogP contribution in [-0.2, 0) is 28.7 Å². The van der Waals surface area contributed by atoms with Gasteiger partial charge in [-0.3, -0.25) is 19.2 Å². The van der Waals surface area contributed by atoms with E-state index in [0.29, 0.717) is 32.2 Å². The van der Waals surface area contributed by atoms with Gasteiger partial charge in [0.15, 0.2) is 12.4 Å². The molecule has 0 unspecified atom stereocenters. The summed E-state index contributed by atoms with van der Waals surface area (Å²) in [6.45, 7) is 3.98. The summed E-state index contributed by atoms with van der Waals surface area (Å²) in [6, 6.07) is 0. The third kappa shape index (κ3) is 15.6. The van der Waals surface area contributed by atoms with Crippen LogP contribution in [0.5, 0.6) is 0 Å². The van der Waals surface area contributed by atoms with Crippen LogP contribution in [0.1, 0.15) is 78.1 Å². The molecular formula is C19H33NO6. The molecule has 0 fully saturated rings. The molecule has 0 atom stereocenters. The number of carbonyl (C=O) groups excluding carboxylic acids is 4. The van der Waals surface area contributed by atoms with E-state index in [1.807, 2.05) is 13.8 Å². The van der Waals surface area contributed by atoms with Crippen molar-refractivity contribution in [2.45, 2.75) is 78.1 Å². The summed E-state index contributed by atoms with van der Waals surface area (Å²) < 4.78 is 9.68. The average Bonchev–Trinajstić information content (AvgIpc) is 2.61. The lowest BCUT2D eigenvalue weighted by Crippen LogP contribution is -2.29. The lowest BCUT2D eigenvalue weighted by Gasteiger charge is -2.06. The van der Waals surface area contributed by atoms with Crippen molar-refractivity contribution in [1.82, 2.24) is 5.32 Å². The van der Waals surface area contributed by atoms with Crippen molar-refractivity contribution in [1.29, 1.82) is 0 Å². The molecule has 0 rings (SSSR count). The van der Waals surface area contributed by atoms with Crippen molar-refractivity contribution in [3.63, 3.8) is 0 Å². The maximum absolute atomic E-state index is 11.6. The molecule has 0 bridgehead atoms. The fourth-order valence-corrected chi connectivity index (χ4v) is 2.19. The van der Waals surface area contributed by atoms with E-state index in [1.54, 1.807) is 0 Å². The molecule has 0 aliphatic rings. The Morgan fingerprint density at radius 1 is 0.692 bits per heavy atom. The smallest absolute Gasteiger partial charge is 0.306 e. The Morgan fingerprint density at radius 2 is 1.23 bits per heavy atom. The fourth-order valence-electron chi connectivity index (χ4n) is 2.19. The minimum atomic E-state index is -0.350. The monoisotopic (exact) mass is 371 g/mol. The lowest BCUT2D eigenvalue weighted by atomic mass is 10.1. The fraction of sp³-hybridized carbons (Fsp3) is 0.789. The second-order valence-electron chi connectivity index (χ2n) is 6.23. The van der Waals surface area contributed by atoms with Crippen LogP contribution in [0, 0.1) is 0 Å². The minimum absolute atomic E-state index is 0.0423. The molecule has 0 aliphatic carbocycles. The summed E-state index contributed by atoms with van der Waals surface area (Å²) in [5.74, 6) is -0.989. The molecule has 0 radical (unpaired) electrons. The number of ether oxygens (including phenoxy) is 2. The van der Waals surface area contributed by atoms with Crippen LogP contribution in [0.15, 0.2) is 0 Å². The van der Waals surface area contributed by atoms with Gasteiger partial charge in [-0.2, -0.15) is 0 Å². The molecule has 1 N–H and O–H groups in total. The van der Waals surface area contributed by atoms with Gasteiger partial charge in [-0.05, 0) is 25.7 Å². The first-order valence-electron chi connectivity index (χ1n) is 9.59. The van der Waals surface area contributed by atoms with Gasteiger partial charge in [-0.25, -0.2) is 0 Å². The molecule has 0 aromatic heterocycles. The Morgan fingerprint density at radius 3 is 1.85 bits per heavy atom. The van der Waals surface area contributed by atoms with Gasteiger partial charge < -0.3 is 14.8 Å². The van der Waals surface area contributed by atoms with Gasteiger partial charge in [0.25, 0.3) is 5.91 Å². The molecule has 0 aliphatic heterocycles. The molecule has 1 amide bonds. The van der Waals surface area contributed by atoms with Crippen LogP contribution in [0.25, 0.3) is 0 Å². The molecule has 0 spiro atoms. The van der Waals surface area contributed by atoms with E-state index in [2.05, 4.69) is 5.32 Å². The molecule has 0 saturated heterocycles. The summed E-state index contributed by atoms with van der Waals surface area (Å²) in [7, 11) is 0. The summed E-state index contributed by atoms with van der Waals surface area (Å²) in [6.07, 6.45) is 7.02. The average molecular weight is 371 g/mol. The number of carbonyl (C=O) groups is 4. The zero-order valence-corrected chi connectivity index (χ0v) is 16.1. The van der Waals surface area contributed by atoms with Crippen LogP contribution in [0.4, 0.5) is 0 Å². The van der Waals surface area contributed by atoms with E-state index in [0.717, 1.165) is 38.5 Å². The van der Waals surface area contributed by atoms with E-state index in [-0.39, 0.29) is 36.8 Å². The summed E-state index contributed by atoms with van der Waals surface area (Å²) in [5.41, 5.74) is 0. The van der Waals surface area contributed by atoms with Crippen molar-refractivity contribution >= 4 is 23.6 Å². The minimum Gasteiger partial charge on any atom is -0.458 e. The molecular weight excluding hydrogens is 338 g/mol. The third-order valence-corrected chi connectivity index (χ3v) is 3.62. The van der Waals surface area contributed by atoms with Gasteiger partial charge in [0, 0.05) is 25.8 Å². The second-order valence-corrected chi connectivity index (χ2v) is 6.23. The van der Waals surface area contributed by atoms with Crippen LogP contribution in [0.3, 0.4) is 0 Å². The van der Waals surface area contributed by atoms with Crippen LogP contribution >= 0.6 is 0 Å². The number of esters is 2. The topological polar surface area (TPSA) is 98.8 Å². The van der Waals surface area contributed by atoms with E-state index in [4.69, 9.17) is 9.47 Å². The van der Waals surface area contributed by atoms with Gasteiger partial charge >= 0.3 is 11.9 Å². The van der Waals surface area contributed by atoms with E-state index in [1.165, 1.54) is 0 Å². The zero-order valence-electron chi connectivity index (χ0n) is 16.1. The molecule has 0 heterocycles.